The average molecular weight is 478 g/mol. The predicted octanol–water partition coefficient (Wildman–Crippen LogP) is 4.14. The van der Waals surface area contributed by atoms with Gasteiger partial charge in [-0.25, -0.2) is 0 Å². The van der Waals surface area contributed by atoms with Gasteiger partial charge < -0.3 is 14.4 Å². The molecule has 150 valence electrons. The summed E-state index contributed by atoms with van der Waals surface area (Å²) in [5.41, 5.74) is 3.24. The lowest BCUT2D eigenvalue weighted by Crippen LogP contribution is -2.20. The van der Waals surface area contributed by atoms with Gasteiger partial charge in [-0.15, -0.1) is 0 Å². The Labute approximate surface area is 180 Å². The van der Waals surface area contributed by atoms with Crippen LogP contribution in [0.25, 0.3) is 22.0 Å². The van der Waals surface area contributed by atoms with Crippen molar-refractivity contribution in [3.63, 3.8) is 0 Å². The highest BCUT2D eigenvalue weighted by molar-refractivity contribution is 9.10. The lowest BCUT2D eigenvalue weighted by molar-refractivity contribution is 0.0880. The smallest absolute Gasteiger partial charge is 0.259 e. The molecule has 0 aliphatic carbocycles. The minimum Gasteiger partial charge on any atom is -0.390 e. The van der Waals surface area contributed by atoms with Crippen molar-refractivity contribution in [1.29, 1.82) is 0 Å². The van der Waals surface area contributed by atoms with E-state index in [9.17, 15) is 14.7 Å². The largest absolute Gasteiger partial charge is 0.390 e. The van der Waals surface area contributed by atoms with Crippen LogP contribution in [-0.2, 0) is 17.9 Å². The van der Waals surface area contributed by atoms with Crippen LogP contribution >= 0.6 is 27.5 Å². The normalized spacial score (nSPS) is 13.2. The molecule has 29 heavy (non-hydrogen) atoms. The Balaban J connectivity index is 2.09. The summed E-state index contributed by atoms with van der Waals surface area (Å²) in [7, 11) is 1.63. The number of aliphatic hydroxyl groups is 1. The van der Waals surface area contributed by atoms with Gasteiger partial charge in [-0.2, -0.15) is 0 Å². The van der Waals surface area contributed by atoms with Crippen LogP contribution in [-0.4, -0.2) is 35.2 Å². The van der Waals surface area contributed by atoms with Gasteiger partial charge in [0.05, 0.1) is 28.9 Å². The van der Waals surface area contributed by atoms with E-state index in [0.717, 1.165) is 11.9 Å². The zero-order valence-electron chi connectivity index (χ0n) is 15.6. The van der Waals surface area contributed by atoms with Gasteiger partial charge in [-0.05, 0) is 40.0 Å². The number of aryl methyl sites for hydroxylation is 1. The molecule has 4 rings (SSSR count). The SMILES string of the molecule is COCCCn1c(CO)c(Br)c2c3c(c(-c4ccccc4Cl)cc21)C(=O)NC3=O. The van der Waals surface area contributed by atoms with E-state index in [1.54, 1.807) is 13.2 Å². The molecule has 2 N–H and O–H groups in total. The third-order valence-corrected chi connectivity index (χ3v) is 6.30. The standard InChI is InChI=1S/C21H18BrClN2O4/c1-29-8-4-7-25-14-9-12(11-5-2-3-6-13(11)23)16-18(21(28)24-20(16)27)17(14)19(22)15(25)10-26/h2-3,5-6,9,26H,4,7-8,10H2,1H3,(H,24,27,28). The molecule has 1 aliphatic rings. The summed E-state index contributed by atoms with van der Waals surface area (Å²) < 4.78 is 7.72. The molecule has 8 heteroatoms. The van der Waals surface area contributed by atoms with E-state index >= 15 is 0 Å². The summed E-state index contributed by atoms with van der Waals surface area (Å²) in [6, 6.07) is 9.07. The quantitative estimate of drug-likeness (QED) is 0.413. The second-order valence-electron chi connectivity index (χ2n) is 6.75. The molecule has 0 radical (unpaired) electrons. The van der Waals surface area contributed by atoms with Crippen LogP contribution in [0.15, 0.2) is 34.8 Å². The zero-order valence-corrected chi connectivity index (χ0v) is 17.9. The lowest BCUT2D eigenvalue weighted by Gasteiger charge is -2.13. The first kappa shape index (κ1) is 20.1. The number of amides is 2. The van der Waals surface area contributed by atoms with E-state index in [-0.39, 0.29) is 6.61 Å². The number of carbonyl (C=O) groups excluding carboxylic acids is 2. The monoisotopic (exact) mass is 476 g/mol. The Morgan fingerprint density at radius 1 is 1.17 bits per heavy atom. The van der Waals surface area contributed by atoms with Gasteiger partial charge in [0.25, 0.3) is 11.8 Å². The molecule has 0 saturated carbocycles. The summed E-state index contributed by atoms with van der Waals surface area (Å²) >= 11 is 9.95. The van der Waals surface area contributed by atoms with Crippen molar-refractivity contribution in [1.82, 2.24) is 9.88 Å². The first-order valence-electron chi connectivity index (χ1n) is 9.07. The highest BCUT2D eigenvalue weighted by Crippen LogP contribution is 2.42. The van der Waals surface area contributed by atoms with Crippen LogP contribution < -0.4 is 5.32 Å². The number of hydrogen-bond acceptors (Lipinski definition) is 4. The van der Waals surface area contributed by atoms with Gasteiger partial charge in [-0.1, -0.05) is 29.8 Å². The lowest BCUT2D eigenvalue weighted by atomic mass is 9.94. The Kier molecular flexibility index (Phi) is 5.48. The minimum absolute atomic E-state index is 0.214. The van der Waals surface area contributed by atoms with E-state index in [4.69, 9.17) is 16.3 Å². The maximum absolute atomic E-state index is 12.7. The number of imide groups is 1. The first-order chi connectivity index (χ1) is 14.0. The Bertz CT molecular complexity index is 1160. The number of fused-ring (bicyclic) bond motifs is 3. The molecule has 0 atom stereocenters. The van der Waals surface area contributed by atoms with Crippen molar-refractivity contribution < 1.29 is 19.4 Å². The van der Waals surface area contributed by atoms with Gasteiger partial charge in [0.1, 0.15) is 0 Å². The van der Waals surface area contributed by atoms with Crippen molar-refractivity contribution in [2.75, 3.05) is 13.7 Å². The minimum atomic E-state index is -0.455. The number of methoxy groups -OCH3 is 1. The molecular formula is C21H18BrClN2O4. The molecule has 0 bridgehead atoms. The fraction of sp³-hybridized carbons (Fsp3) is 0.238. The summed E-state index contributed by atoms with van der Waals surface area (Å²) in [4.78, 5) is 25.3. The molecule has 2 heterocycles. The molecular weight excluding hydrogens is 460 g/mol. The Morgan fingerprint density at radius 3 is 2.59 bits per heavy atom. The number of aliphatic hydroxyl groups excluding tert-OH is 1. The highest BCUT2D eigenvalue weighted by Gasteiger charge is 2.35. The fourth-order valence-corrected chi connectivity index (χ4v) is 4.85. The maximum atomic E-state index is 12.7. The number of carbonyl (C=O) groups is 2. The average Bonchev–Trinajstić information content (AvgIpc) is 3.15. The van der Waals surface area contributed by atoms with Crippen LogP contribution in [0.4, 0.5) is 0 Å². The summed E-state index contributed by atoms with van der Waals surface area (Å²) in [6.07, 6.45) is 0.726. The van der Waals surface area contributed by atoms with Gasteiger partial charge >= 0.3 is 0 Å². The van der Waals surface area contributed by atoms with Gasteiger partial charge in [0.15, 0.2) is 0 Å². The third-order valence-electron chi connectivity index (χ3n) is 5.12. The molecule has 2 aromatic carbocycles. The van der Waals surface area contributed by atoms with Crippen molar-refractivity contribution in [2.45, 2.75) is 19.6 Å². The number of nitrogens with zero attached hydrogens (tertiary/aromatic N) is 1. The second kappa shape index (κ2) is 7.91. The Morgan fingerprint density at radius 2 is 1.90 bits per heavy atom. The van der Waals surface area contributed by atoms with E-state index in [0.29, 0.717) is 56.0 Å². The molecule has 0 spiro atoms. The topological polar surface area (TPSA) is 80.6 Å². The number of nitrogens with one attached hydrogen (secondary N) is 1. The number of rotatable bonds is 6. The van der Waals surface area contributed by atoms with Crippen LogP contribution in [0.3, 0.4) is 0 Å². The van der Waals surface area contributed by atoms with Crippen molar-refractivity contribution in [3.05, 3.63) is 56.6 Å². The van der Waals surface area contributed by atoms with Crippen molar-refractivity contribution in [3.8, 4) is 11.1 Å². The second-order valence-corrected chi connectivity index (χ2v) is 7.95. The number of aromatic nitrogens is 1. The highest BCUT2D eigenvalue weighted by atomic mass is 79.9. The van der Waals surface area contributed by atoms with Gasteiger partial charge in [0, 0.05) is 40.7 Å². The molecule has 3 aromatic rings. The zero-order chi connectivity index (χ0) is 20.7. The number of hydrogen-bond donors (Lipinski definition) is 2. The van der Waals surface area contributed by atoms with Crippen LogP contribution in [0.1, 0.15) is 32.8 Å². The van der Waals surface area contributed by atoms with E-state index < -0.39 is 11.8 Å². The Hall–Kier alpha value is -2.19. The number of ether oxygens (including phenoxy) is 1. The first-order valence-corrected chi connectivity index (χ1v) is 10.2. The van der Waals surface area contributed by atoms with Gasteiger partial charge in [0.2, 0.25) is 0 Å². The van der Waals surface area contributed by atoms with Crippen LogP contribution in [0.2, 0.25) is 5.02 Å². The third kappa shape index (κ3) is 3.18. The molecule has 0 unspecified atom stereocenters. The van der Waals surface area contributed by atoms with E-state index in [1.807, 2.05) is 28.8 Å². The summed E-state index contributed by atoms with van der Waals surface area (Å²) in [5.74, 6) is -0.908. The molecule has 1 aliphatic heterocycles. The molecule has 1 aromatic heterocycles. The maximum Gasteiger partial charge on any atom is 0.259 e. The fourth-order valence-electron chi connectivity index (χ4n) is 3.87. The summed E-state index contributed by atoms with van der Waals surface area (Å²) in [6.45, 7) is 0.930. The molecule has 6 nitrogen and oxygen atoms in total. The van der Waals surface area contributed by atoms with E-state index in [2.05, 4.69) is 21.2 Å². The van der Waals surface area contributed by atoms with Crippen LogP contribution in [0.5, 0.6) is 0 Å². The van der Waals surface area contributed by atoms with Gasteiger partial charge in [-0.3, -0.25) is 14.9 Å². The molecule has 2 amide bonds. The number of halogens is 2. The summed E-state index contributed by atoms with van der Waals surface area (Å²) in [5, 5.41) is 13.5. The van der Waals surface area contributed by atoms with Crippen molar-refractivity contribution >= 4 is 50.2 Å². The van der Waals surface area contributed by atoms with Crippen molar-refractivity contribution in [2.24, 2.45) is 0 Å². The van der Waals surface area contributed by atoms with E-state index in [1.165, 1.54) is 0 Å². The molecule has 0 saturated heterocycles. The molecule has 0 fully saturated rings. The van der Waals surface area contributed by atoms with Crippen LogP contribution in [0, 0.1) is 0 Å². The predicted molar refractivity (Wildman–Crippen MR) is 114 cm³/mol. The number of benzene rings is 2.